The van der Waals surface area contributed by atoms with Crippen LogP contribution in [-0.4, -0.2) is 22.7 Å². The lowest BCUT2D eigenvalue weighted by Gasteiger charge is -2.17. The molecular formula is C26H31N3O2S. The molecule has 2 heterocycles. The summed E-state index contributed by atoms with van der Waals surface area (Å²) in [5.41, 5.74) is 7.56. The number of amides is 1. The van der Waals surface area contributed by atoms with Gasteiger partial charge in [0, 0.05) is 27.6 Å². The van der Waals surface area contributed by atoms with Gasteiger partial charge in [-0.05, 0) is 81.0 Å². The summed E-state index contributed by atoms with van der Waals surface area (Å²) in [7, 11) is 0. The zero-order valence-corrected chi connectivity index (χ0v) is 19.6. The monoisotopic (exact) mass is 449 g/mol. The molecule has 3 aromatic rings. The number of nitrogens with two attached hydrogens (primary N) is 1. The first-order chi connectivity index (χ1) is 15.4. The normalized spacial score (nSPS) is 19.2. The third-order valence-electron chi connectivity index (χ3n) is 6.58. The number of thiophene rings is 1. The number of fused-ring (bicyclic) bond motifs is 1. The summed E-state index contributed by atoms with van der Waals surface area (Å²) >= 11 is 1.86. The molecule has 1 saturated carbocycles. The number of carbonyl (C=O) groups excluding carboxylic acids is 2. The van der Waals surface area contributed by atoms with Crippen LogP contribution in [0.4, 0.5) is 5.82 Å². The fraction of sp³-hybridized carbons (Fsp3) is 0.423. The van der Waals surface area contributed by atoms with Crippen molar-refractivity contribution in [3.8, 4) is 0 Å². The minimum atomic E-state index is -0.466. The standard InChI is InChI=1S/C26H31N3O2S/c1-16-19(10-12-25(27)28-16)9-11-23(30)17(2)29-26(31)21-8-7-18(13-21)14-22-15-20-5-3-4-6-24(20)32-22/h3-6,10,12,15,17-18,21H,7-9,11,13-14H2,1-2H3,(H2,27,28)(H,29,31)/t17-,18+,21+/m0/s1. The molecule has 1 fully saturated rings. The molecule has 2 aromatic heterocycles. The van der Waals surface area contributed by atoms with Gasteiger partial charge in [-0.15, -0.1) is 11.3 Å². The third-order valence-corrected chi connectivity index (χ3v) is 7.72. The van der Waals surface area contributed by atoms with Gasteiger partial charge in [-0.25, -0.2) is 4.98 Å². The predicted molar refractivity (Wildman–Crippen MR) is 131 cm³/mol. The van der Waals surface area contributed by atoms with Gasteiger partial charge in [0.05, 0.1) is 6.04 Å². The molecule has 0 radical (unpaired) electrons. The van der Waals surface area contributed by atoms with E-state index in [1.165, 1.54) is 15.0 Å². The zero-order chi connectivity index (χ0) is 22.7. The summed E-state index contributed by atoms with van der Waals surface area (Å²) in [6.45, 7) is 3.69. The lowest BCUT2D eigenvalue weighted by molar-refractivity contribution is -0.129. The summed E-state index contributed by atoms with van der Waals surface area (Å²) in [5.74, 6) is 1.10. The highest BCUT2D eigenvalue weighted by atomic mass is 32.1. The van der Waals surface area contributed by atoms with Crippen molar-refractivity contribution in [2.45, 2.75) is 58.4 Å². The molecule has 0 aliphatic heterocycles. The largest absolute Gasteiger partial charge is 0.384 e. The molecule has 1 amide bonds. The number of hydrogen-bond donors (Lipinski definition) is 2. The number of aryl methyl sites for hydroxylation is 2. The van der Waals surface area contributed by atoms with Crippen molar-refractivity contribution in [1.29, 1.82) is 0 Å². The van der Waals surface area contributed by atoms with Crippen LogP contribution in [0.2, 0.25) is 0 Å². The van der Waals surface area contributed by atoms with Gasteiger partial charge in [0.15, 0.2) is 5.78 Å². The first-order valence-electron chi connectivity index (χ1n) is 11.4. The topological polar surface area (TPSA) is 85.1 Å². The van der Waals surface area contributed by atoms with Crippen molar-refractivity contribution in [3.05, 3.63) is 58.6 Å². The van der Waals surface area contributed by atoms with Crippen LogP contribution in [0, 0.1) is 18.8 Å². The van der Waals surface area contributed by atoms with Gasteiger partial charge >= 0.3 is 0 Å². The molecule has 0 unspecified atom stereocenters. The number of Topliss-reactive ketones (excluding diaryl/α,β-unsaturated/α-hetero) is 1. The molecule has 0 saturated heterocycles. The Kier molecular flexibility index (Phi) is 6.89. The van der Waals surface area contributed by atoms with Crippen LogP contribution in [0.3, 0.4) is 0 Å². The first kappa shape index (κ1) is 22.5. The van der Waals surface area contributed by atoms with Crippen molar-refractivity contribution >= 4 is 38.9 Å². The van der Waals surface area contributed by atoms with Gasteiger partial charge in [-0.3, -0.25) is 9.59 Å². The summed E-state index contributed by atoms with van der Waals surface area (Å²) < 4.78 is 1.33. The number of hydrogen-bond acceptors (Lipinski definition) is 5. The summed E-state index contributed by atoms with van der Waals surface area (Å²) in [6.07, 6.45) is 4.90. The molecule has 0 spiro atoms. The molecule has 3 N–H and O–H groups in total. The second-order valence-corrected chi connectivity index (χ2v) is 10.2. The van der Waals surface area contributed by atoms with Crippen LogP contribution in [-0.2, 0) is 22.4 Å². The number of aromatic nitrogens is 1. The molecule has 32 heavy (non-hydrogen) atoms. The van der Waals surface area contributed by atoms with Crippen LogP contribution < -0.4 is 11.1 Å². The second kappa shape index (κ2) is 9.82. The Balaban J connectivity index is 1.24. The minimum Gasteiger partial charge on any atom is -0.384 e. The highest BCUT2D eigenvalue weighted by Crippen LogP contribution is 2.36. The van der Waals surface area contributed by atoms with Crippen LogP contribution >= 0.6 is 11.3 Å². The fourth-order valence-electron chi connectivity index (χ4n) is 4.68. The lowest BCUT2D eigenvalue weighted by Crippen LogP contribution is -2.41. The van der Waals surface area contributed by atoms with E-state index >= 15 is 0 Å². The van der Waals surface area contributed by atoms with Crippen molar-refractivity contribution in [2.75, 3.05) is 5.73 Å². The molecule has 1 aliphatic carbocycles. The number of pyridine rings is 1. The van der Waals surface area contributed by atoms with Crippen molar-refractivity contribution < 1.29 is 9.59 Å². The van der Waals surface area contributed by atoms with E-state index in [9.17, 15) is 9.59 Å². The van der Waals surface area contributed by atoms with Gasteiger partial charge in [0.25, 0.3) is 0 Å². The van der Waals surface area contributed by atoms with E-state index in [4.69, 9.17) is 5.73 Å². The summed E-state index contributed by atoms with van der Waals surface area (Å²) in [5, 5.41) is 4.27. The van der Waals surface area contributed by atoms with Crippen LogP contribution in [0.25, 0.3) is 10.1 Å². The Morgan fingerprint density at radius 1 is 1.22 bits per heavy atom. The number of anilines is 1. The number of nitrogens with zero attached hydrogens (tertiary/aromatic N) is 1. The SMILES string of the molecule is Cc1nc(N)ccc1CCC(=O)[C@H](C)NC(=O)[C@@H]1CC[C@@H](Cc2cc3ccccc3s2)C1. The highest BCUT2D eigenvalue weighted by Gasteiger charge is 2.31. The summed E-state index contributed by atoms with van der Waals surface area (Å²) in [4.78, 5) is 31.0. The number of nitrogen functional groups attached to an aromatic ring is 1. The van der Waals surface area contributed by atoms with Gasteiger partial charge in [-0.2, -0.15) is 0 Å². The average molecular weight is 450 g/mol. The van der Waals surface area contributed by atoms with Gasteiger partial charge in [-0.1, -0.05) is 24.3 Å². The van der Waals surface area contributed by atoms with E-state index in [2.05, 4.69) is 40.6 Å². The van der Waals surface area contributed by atoms with E-state index in [0.717, 1.165) is 36.9 Å². The Hall–Kier alpha value is -2.73. The molecule has 0 bridgehead atoms. The average Bonchev–Trinajstić information content (AvgIpc) is 3.39. The van der Waals surface area contributed by atoms with Crippen molar-refractivity contribution in [2.24, 2.45) is 11.8 Å². The van der Waals surface area contributed by atoms with E-state index in [0.29, 0.717) is 24.6 Å². The van der Waals surface area contributed by atoms with Crippen LogP contribution in [0.5, 0.6) is 0 Å². The predicted octanol–water partition coefficient (Wildman–Crippen LogP) is 4.85. The molecule has 168 valence electrons. The van der Waals surface area contributed by atoms with E-state index in [-0.39, 0.29) is 17.6 Å². The molecule has 1 aliphatic rings. The number of benzene rings is 1. The lowest BCUT2D eigenvalue weighted by atomic mass is 9.99. The van der Waals surface area contributed by atoms with Crippen LogP contribution in [0.1, 0.15) is 48.7 Å². The zero-order valence-electron chi connectivity index (χ0n) is 18.8. The van der Waals surface area contributed by atoms with Crippen LogP contribution in [0.15, 0.2) is 42.5 Å². The molecule has 4 rings (SSSR count). The second-order valence-electron chi connectivity index (χ2n) is 9.01. The minimum absolute atomic E-state index is 0.00757. The number of rotatable bonds is 8. The Morgan fingerprint density at radius 3 is 2.81 bits per heavy atom. The Labute approximate surface area is 193 Å². The Morgan fingerprint density at radius 2 is 2.03 bits per heavy atom. The quantitative estimate of drug-likeness (QED) is 0.515. The maximum atomic E-state index is 12.8. The molecular weight excluding hydrogens is 418 g/mol. The Bertz CT molecular complexity index is 1090. The van der Waals surface area contributed by atoms with Crippen molar-refractivity contribution in [3.63, 3.8) is 0 Å². The molecule has 6 heteroatoms. The van der Waals surface area contributed by atoms with Gasteiger partial charge < -0.3 is 11.1 Å². The van der Waals surface area contributed by atoms with E-state index < -0.39 is 6.04 Å². The smallest absolute Gasteiger partial charge is 0.223 e. The molecule has 3 atom stereocenters. The first-order valence-corrected chi connectivity index (χ1v) is 12.2. The third kappa shape index (κ3) is 5.36. The highest BCUT2D eigenvalue weighted by molar-refractivity contribution is 7.19. The maximum absolute atomic E-state index is 12.8. The fourth-order valence-corrected chi connectivity index (χ4v) is 5.86. The van der Waals surface area contributed by atoms with Gasteiger partial charge in [0.2, 0.25) is 5.91 Å². The van der Waals surface area contributed by atoms with E-state index in [1.807, 2.05) is 24.3 Å². The number of nitrogens with one attached hydrogen (secondary N) is 1. The number of ketones is 1. The summed E-state index contributed by atoms with van der Waals surface area (Å²) in [6, 6.07) is 14.0. The maximum Gasteiger partial charge on any atom is 0.223 e. The van der Waals surface area contributed by atoms with Gasteiger partial charge in [0.1, 0.15) is 5.82 Å². The molecule has 1 aromatic carbocycles. The van der Waals surface area contributed by atoms with Crippen molar-refractivity contribution in [1.82, 2.24) is 10.3 Å². The molecule has 5 nitrogen and oxygen atoms in total. The van der Waals surface area contributed by atoms with E-state index in [1.54, 1.807) is 13.0 Å². The number of carbonyl (C=O) groups is 2.